The Hall–Kier alpha value is -3.50. The summed E-state index contributed by atoms with van der Waals surface area (Å²) in [5, 5.41) is 6.57. The van der Waals surface area contributed by atoms with Gasteiger partial charge in [0.1, 0.15) is 24.4 Å². The molecule has 1 atom stereocenters. The largest absolute Gasteiger partial charge is 0.461 e. The molecule has 0 aliphatic carbocycles. The monoisotopic (exact) mass is 484 g/mol. The van der Waals surface area contributed by atoms with Crippen molar-refractivity contribution in [3.05, 3.63) is 64.3 Å². The highest BCUT2D eigenvalue weighted by Gasteiger charge is 2.18. The molecular formula is C23H25ClN6O4. The molecule has 4 rings (SSSR count). The third kappa shape index (κ3) is 5.70. The fourth-order valence-electron chi connectivity index (χ4n) is 3.52. The van der Waals surface area contributed by atoms with Crippen LogP contribution >= 0.6 is 11.6 Å². The summed E-state index contributed by atoms with van der Waals surface area (Å²) in [5.41, 5.74) is 2.47. The molecular weight excluding hydrogens is 460 g/mol. The molecule has 0 radical (unpaired) electrons. The third-order valence-electron chi connectivity index (χ3n) is 5.34. The van der Waals surface area contributed by atoms with Crippen molar-refractivity contribution in [3.63, 3.8) is 0 Å². The molecule has 1 aliphatic heterocycles. The zero-order chi connectivity index (χ0) is 24.1. The highest BCUT2D eigenvalue weighted by Crippen LogP contribution is 2.21. The summed E-state index contributed by atoms with van der Waals surface area (Å²) in [5.74, 6) is 0.360. The molecule has 1 fully saturated rings. The summed E-state index contributed by atoms with van der Waals surface area (Å²) in [7, 11) is 0. The van der Waals surface area contributed by atoms with Crippen LogP contribution in [0.2, 0.25) is 5.02 Å². The van der Waals surface area contributed by atoms with Crippen LogP contribution in [0.1, 0.15) is 40.5 Å². The number of benzene rings is 1. The summed E-state index contributed by atoms with van der Waals surface area (Å²) in [4.78, 5) is 37.1. The molecule has 1 saturated heterocycles. The predicted octanol–water partition coefficient (Wildman–Crippen LogP) is 2.82. The van der Waals surface area contributed by atoms with Gasteiger partial charge in [0.05, 0.1) is 12.6 Å². The quantitative estimate of drug-likeness (QED) is 0.468. The van der Waals surface area contributed by atoms with Gasteiger partial charge in [0.15, 0.2) is 0 Å². The van der Waals surface area contributed by atoms with E-state index in [0.717, 1.165) is 24.2 Å². The highest BCUT2D eigenvalue weighted by atomic mass is 35.5. The Bertz CT molecular complexity index is 1190. The second kappa shape index (κ2) is 10.6. The average Bonchev–Trinajstić information content (AvgIpc) is 3.50. The van der Waals surface area contributed by atoms with Crippen LogP contribution in [0, 0.1) is 6.92 Å². The van der Waals surface area contributed by atoms with Gasteiger partial charge in [0, 0.05) is 48.6 Å². The van der Waals surface area contributed by atoms with Gasteiger partial charge in [0.25, 0.3) is 5.91 Å². The fourth-order valence-corrected chi connectivity index (χ4v) is 3.77. The Morgan fingerprint density at radius 1 is 1.32 bits per heavy atom. The van der Waals surface area contributed by atoms with E-state index in [1.807, 2.05) is 13.0 Å². The maximum absolute atomic E-state index is 12.7. The average molecular weight is 485 g/mol. The Morgan fingerprint density at radius 3 is 2.94 bits per heavy atom. The molecule has 3 heterocycles. The molecule has 1 amide bonds. The normalized spacial score (nSPS) is 15.2. The van der Waals surface area contributed by atoms with Crippen molar-refractivity contribution in [2.45, 2.75) is 39.5 Å². The van der Waals surface area contributed by atoms with Gasteiger partial charge in [-0.1, -0.05) is 23.7 Å². The Balaban J connectivity index is 1.44. The number of ether oxygens (including phenoxy) is 2. The number of hydrogen-bond donors (Lipinski definition) is 2. The van der Waals surface area contributed by atoms with Crippen LogP contribution in [0.3, 0.4) is 0 Å². The second-order valence-corrected chi connectivity index (χ2v) is 8.32. The van der Waals surface area contributed by atoms with Crippen molar-refractivity contribution in [2.24, 2.45) is 0 Å². The van der Waals surface area contributed by atoms with E-state index in [1.165, 1.54) is 13.3 Å². The zero-order valence-corrected chi connectivity index (χ0v) is 19.6. The first-order valence-corrected chi connectivity index (χ1v) is 11.2. The standard InChI is InChI=1S/C23H25ClN6O4/c1-14-8-26-23(28-17-6-7-33-11-17)29-21(14)30-10-20(27-13-30)22(32)25-9-16-4-3-5-19(24)18(16)12-34-15(2)31/h3-5,8,10,13,17H,6-7,9,11-12H2,1-2H3,(H,25,32)(H,26,28,29). The number of anilines is 1. The molecule has 1 unspecified atom stereocenters. The molecule has 3 aromatic rings. The number of hydrogen-bond acceptors (Lipinski definition) is 8. The first-order valence-electron chi connectivity index (χ1n) is 10.8. The number of imidazole rings is 1. The number of amides is 1. The zero-order valence-electron chi connectivity index (χ0n) is 18.9. The molecule has 1 aromatic carbocycles. The number of aromatic nitrogens is 4. The molecule has 2 aromatic heterocycles. The van der Waals surface area contributed by atoms with Gasteiger partial charge in [-0.3, -0.25) is 14.2 Å². The van der Waals surface area contributed by atoms with Crippen molar-refractivity contribution in [2.75, 3.05) is 18.5 Å². The number of esters is 1. The van der Waals surface area contributed by atoms with Gasteiger partial charge >= 0.3 is 5.97 Å². The SMILES string of the molecule is CC(=O)OCc1c(Cl)cccc1CNC(=O)c1cn(-c2nc(NC3CCOC3)ncc2C)cn1. The maximum atomic E-state index is 12.7. The lowest BCUT2D eigenvalue weighted by molar-refractivity contribution is -0.142. The topological polar surface area (TPSA) is 120 Å². The van der Waals surface area contributed by atoms with Crippen LogP contribution in [0.5, 0.6) is 0 Å². The highest BCUT2D eigenvalue weighted by molar-refractivity contribution is 6.31. The van der Waals surface area contributed by atoms with E-state index < -0.39 is 5.97 Å². The number of nitrogens with zero attached hydrogens (tertiary/aromatic N) is 4. The minimum atomic E-state index is -0.407. The molecule has 34 heavy (non-hydrogen) atoms. The number of carbonyl (C=O) groups excluding carboxylic acids is 2. The summed E-state index contributed by atoms with van der Waals surface area (Å²) >= 11 is 6.25. The van der Waals surface area contributed by atoms with Gasteiger partial charge in [-0.25, -0.2) is 9.97 Å². The van der Waals surface area contributed by atoms with E-state index >= 15 is 0 Å². The van der Waals surface area contributed by atoms with Gasteiger partial charge in [-0.05, 0) is 25.0 Å². The summed E-state index contributed by atoms with van der Waals surface area (Å²) in [6.07, 6.45) is 5.78. The van der Waals surface area contributed by atoms with Gasteiger partial charge in [-0.2, -0.15) is 4.98 Å². The van der Waals surface area contributed by atoms with Crippen molar-refractivity contribution >= 4 is 29.4 Å². The Morgan fingerprint density at radius 2 is 2.18 bits per heavy atom. The van der Waals surface area contributed by atoms with Crippen molar-refractivity contribution in [3.8, 4) is 5.82 Å². The first kappa shape index (κ1) is 23.7. The van der Waals surface area contributed by atoms with Gasteiger partial charge in [0.2, 0.25) is 5.95 Å². The molecule has 1 aliphatic rings. The summed E-state index contributed by atoms with van der Waals surface area (Å²) < 4.78 is 12.2. The van der Waals surface area contributed by atoms with E-state index in [-0.39, 0.29) is 30.8 Å². The molecule has 2 N–H and O–H groups in total. The maximum Gasteiger partial charge on any atom is 0.302 e. The number of aryl methyl sites for hydroxylation is 1. The van der Waals surface area contributed by atoms with E-state index in [4.69, 9.17) is 21.1 Å². The Labute approximate surface area is 201 Å². The van der Waals surface area contributed by atoms with E-state index in [9.17, 15) is 9.59 Å². The van der Waals surface area contributed by atoms with Gasteiger partial charge < -0.3 is 20.1 Å². The molecule has 0 bridgehead atoms. The molecule has 11 heteroatoms. The molecule has 10 nitrogen and oxygen atoms in total. The van der Waals surface area contributed by atoms with Crippen LogP contribution in [-0.2, 0) is 27.4 Å². The minimum Gasteiger partial charge on any atom is -0.461 e. The molecule has 0 spiro atoms. The van der Waals surface area contributed by atoms with Crippen LogP contribution in [0.25, 0.3) is 5.82 Å². The summed E-state index contributed by atoms with van der Waals surface area (Å²) in [6, 6.07) is 5.48. The number of rotatable bonds is 8. The van der Waals surface area contributed by atoms with Gasteiger partial charge in [-0.15, -0.1) is 0 Å². The number of halogens is 1. The third-order valence-corrected chi connectivity index (χ3v) is 5.70. The lowest BCUT2D eigenvalue weighted by Crippen LogP contribution is -2.24. The lowest BCUT2D eigenvalue weighted by Gasteiger charge is -2.13. The van der Waals surface area contributed by atoms with E-state index in [2.05, 4.69) is 25.6 Å². The van der Waals surface area contributed by atoms with Crippen molar-refractivity contribution in [1.82, 2.24) is 24.8 Å². The van der Waals surface area contributed by atoms with Crippen molar-refractivity contribution < 1.29 is 19.1 Å². The molecule has 0 saturated carbocycles. The minimum absolute atomic E-state index is 0.0329. The van der Waals surface area contributed by atoms with Crippen LogP contribution in [0.4, 0.5) is 5.95 Å². The van der Waals surface area contributed by atoms with Crippen molar-refractivity contribution in [1.29, 1.82) is 0 Å². The van der Waals surface area contributed by atoms with E-state index in [1.54, 1.807) is 29.1 Å². The summed E-state index contributed by atoms with van der Waals surface area (Å²) in [6.45, 7) is 4.80. The van der Waals surface area contributed by atoms with E-state index in [0.29, 0.717) is 29.0 Å². The Kier molecular flexibility index (Phi) is 7.39. The number of nitrogens with one attached hydrogen (secondary N) is 2. The predicted molar refractivity (Wildman–Crippen MR) is 125 cm³/mol. The smallest absolute Gasteiger partial charge is 0.302 e. The van der Waals surface area contributed by atoms with Crippen LogP contribution in [0.15, 0.2) is 36.9 Å². The lowest BCUT2D eigenvalue weighted by atomic mass is 10.1. The second-order valence-electron chi connectivity index (χ2n) is 7.91. The van der Waals surface area contributed by atoms with Crippen LogP contribution in [-0.4, -0.2) is 50.7 Å². The fraction of sp³-hybridized carbons (Fsp3) is 0.348. The molecule has 178 valence electrons. The van der Waals surface area contributed by atoms with Crippen LogP contribution < -0.4 is 10.6 Å². The first-order chi connectivity index (χ1) is 16.4. The number of carbonyl (C=O) groups is 2.